The van der Waals surface area contributed by atoms with Crippen molar-refractivity contribution in [1.82, 2.24) is 0 Å². The molecule has 2 fully saturated rings. The Kier molecular flexibility index (Phi) is 9.17. The Morgan fingerprint density at radius 3 is 2.79 bits per heavy atom. The molecule has 0 bridgehead atoms. The van der Waals surface area contributed by atoms with Crippen LogP contribution < -0.4 is 0 Å². The van der Waals surface area contributed by atoms with Crippen LogP contribution in [0.15, 0.2) is 12.2 Å². The van der Waals surface area contributed by atoms with Crippen molar-refractivity contribution in [3.63, 3.8) is 0 Å². The molecule has 0 aromatic heterocycles. The molecule has 2 aliphatic rings. The third-order valence-electron chi connectivity index (χ3n) is 6.23. The van der Waals surface area contributed by atoms with E-state index >= 15 is 0 Å². The molecule has 1 aliphatic heterocycles. The van der Waals surface area contributed by atoms with E-state index in [9.17, 15) is 15.0 Å². The highest BCUT2D eigenvalue weighted by molar-refractivity contribution is 5.79. The summed E-state index contributed by atoms with van der Waals surface area (Å²) >= 11 is 0. The van der Waals surface area contributed by atoms with Crippen molar-refractivity contribution in [2.45, 2.75) is 95.0 Å². The van der Waals surface area contributed by atoms with Gasteiger partial charge in [0.15, 0.2) is 5.78 Å². The number of terminal acetylenes is 1. The van der Waals surface area contributed by atoms with Gasteiger partial charge in [0.1, 0.15) is 12.2 Å². The van der Waals surface area contributed by atoms with Gasteiger partial charge < -0.3 is 20.1 Å². The second-order valence-electron chi connectivity index (χ2n) is 8.43. The molecule has 1 aliphatic carbocycles. The summed E-state index contributed by atoms with van der Waals surface area (Å²) in [4.78, 5) is 11.2. The first-order chi connectivity index (χ1) is 13.4. The minimum absolute atomic E-state index is 0.0409. The topological polar surface area (TPSA) is 87.0 Å². The molecule has 3 N–H and O–H groups in total. The average molecular weight is 393 g/mol. The lowest BCUT2D eigenvalue weighted by Gasteiger charge is -2.21. The summed E-state index contributed by atoms with van der Waals surface area (Å²) in [6, 6.07) is 0. The molecule has 158 valence electrons. The Morgan fingerprint density at radius 2 is 2.11 bits per heavy atom. The standard InChI is InChI=1S/C23H36O5/c1-3-5-12-23(27,4-2)13-8-11-19-20-14-18(28-22(20)15-21(19)26)10-7-6-9-17(25)16-24/h2,8,11,18-22,24,26-27H,3,5-7,9-10,12-16H2,1H3/b11-8+/t18?,19-,20-,21-,22+,23?/m1/s1. The molecule has 0 radical (unpaired) electrons. The summed E-state index contributed by atoms with van der Waals surface area (Å²) in [7, 11) is 0. The van der Waals surface area contributed by atoms with E-state index in [4.69, 9.17) is 16.3 Å². The van der Waals surface area contributed by atoms with Gasteiger partial charge >= 0.3 is 0 Å². The van der Waals surface area contributed by atoms with Crippen LogP contribution in [0, 0.1) is 24.2 Å². The Labute approximate surface area is 169 Å². The van der Waals surface area contributed by atoms with Crippen molar-refractivity contribution < 1.29 is 24.9 Å². The number of carbonyl (C=O) groups excluding carboxylic acids is 1. The van der Waals surface area contributed by atoms with Gasteiger partial charge in [-0.3, -0.25) is 4.79 Å². The number of aliphatic hydroxyl groups is 3. The van der Waals surface area contributed by atoms with Gasteiger partial charge in [-0.15, -0.1) is 6.42 Å². The number of carbonyl (C=O) groups is 1. The molecule has 0 aromatic rings. The third-order valence-corrected chi connectivity index (χ3v) is 6.23. The number of rotatable bonds is 12. The highest BCUT2D eigenvalue weighted by atomic mass is 16.5. The number of unbranched alkanes of at least 4 members (excludes halogenated alkanes) is 2. The SMILES string of the molecule is C#CC(O)(C/C=C/[C@@H]1[C@H]2CC(CCCCC(=O)CO)O[C@H]2C[C@H]1O)CCCC. The molecule has 28 heavy (non-hydrogen) atoms. The maximum atomic E-state index is 11.2. The lowest BCUT2D eigenvalue weighted by Crippen LogP contribution is -2.25. The van der Waals surface area contributed by atoms with E-state index in [1.807, 2.05) is 12.2 Å². The largest absolute Gasteiger partial charge is 0.392 e. The second-order valence-corrected chi connectivity index (χ2v) is 8.43. The summed E-state index contributed by atoms with van der Waals surface area (Å²) in [5.41, 5.74) is -1.10. The molecule has 2 rings (SSSR count). The zero-order valence-electron chi connectivity index (χ0n) is 17.1. The highest BCUT2D eigenvalue weighted by Gasteiger charge is 2.47. The number of fused-ring (bicyclic) bond motifs is 1. The Bertz CT molecular complexity index is 566. The van der Waals surface area contributed by atoms with Gasteiger partial charge in [0.2, 0.25) is 0 Å². The van der Waals surface area contributed by atoms with Crippen LogP contribution in [0.1, 0.15) is 71.1 Å². The molecule has 5 nitrogen and oxygen atoms in total. The fourth-order valence-corrected chi connectivity index (χ4v) is 4.53. The monoisotopic (exact) mass is 392 g/mol. The minimum atomic E-state index is -1.10. The highest BCUT2D eigenvalue weighted by Crippen LogP contribution is 2.45. The zero-order chi connectivity index (χ0) is 20.6. The number of Topliss-reactive ketones (excluding diaryl/α,β-unsaturated/α-hetero) is 1. The zero-order valence-corrected chi connectivity index (χ0v) is 17.1. The number of hydrogen-bond acceptors (Lipinski definition) is 5. The van der Waals surface area contributed by atoms with Gasteiger partial charge in [-0.1, -0.05) is 37.8 Å². The van der Waals surface area contributed by atoms with Crippen molar-refractivity contribution in [1.29, 1.82) is 0 Å². The third kappa shape index (κ3) is 6.42. The summed E-state index contributed by atoms with van der Waals surface area (Å²) < 4.78 is 6.13. The Hall–Kier alpha value is -1.19. The Morgan fingerprint density at radius 1 is 1.32 bits per heavy atom. The van der Waals surface area contributed by atoms with Crippen LogP contribution in [-0.4, -0.2) is 51.6 Å². The lowest BCUT2D eigenvalue weighted by molar-refractivity contribution is -0.121. The number of aliphatic hydroxyl groups excluding tert-OH is 2. The molecule has 0 spiro atoms. The number of ketones is 1. The van der Waals surface area contributed by atoms with Crippen molar-refractivity contribution >= 4 is 5.78 Å². The number of hydrogen-bond donors (Lipinski definition) is 3. The molecule has 6 atom stereocenters. The molecule has 1 saturated heterocycles. The van der Waals surface area contributed by atoms with Gasteiger partial charge in [-0.05, 0) is 38.0 Å². The van der Waals surface area contributed by atoms with Crippen LogP contribution in [-0.2, 0) is 9.53 Å². The lowest BCUT2D eigenvalue weighted by atomic mass is 9.87. The average Bonchev–Trinajstić information content (AvgIpc) is 3.20. The molecule has 2 unspecified atom stereocenters. The maximum Gasteiger partial charge on any atom is 0.158 e. The smallest absolute Gasteiger partial charge is 0.158 e. The van der Waals surface area contributed by atoms with Gasteiger partial charge in [-0.25, -0.2) is 0 Å². The maximum absolute atomic E-state index is 11.2. The van der Waals surface area contributed by atoms with Crippen LogP contribution in [0.2, 0.25) is 0 Å². The summed E-state index contributed by atoms with van der Waals surface area (Å²) in [5.74, 6) is 2.75. The Balaban J connectivity index is 1.81. The predicted octanol–water partition coefficient (Wildman–Crippen LogP) is 2.76. The molecule has 1 heterocycles. The summed E-state index contributed by atoms with van der Waals surface area (Å²) in [6.07, 6.45) is 16.8. The first-order valence-corrected chi connectivity index (χ1v) is 10.7. The fraction of sp³-hybridized carbons (Fsp3) is 0.783. The summed E-state index contributed by atoms with van der Waals surface area (Å²) in [5, 5.41) is 29.7. The number of ether oxygens (including phenoxy) is 1. The van der Waals surface area contributed by atoms with Crippen LogP contribution >= 0.6 is 0 Å². The van der Waals surface area contributed by atoms with Gasteiger partial charge in [0, 0.05) is 25.2 Å². The summed E-state index contributed by atoms with van der Waals surface area (Å²) in [6.45, 7) is 1.70. The minimum Gasteiger partial charge on any atom is -0.392 e. The molecule has 5 heteroatoms. The van der Waals surface area contributed by atoms with Crippen molar-refractivity contribution in [2.24, 2.45) is 11.8 Å². The van der Waals surface area contributed by atoms with Crippen molar-refractivity contribution in [3.8, 4) is 12.3 Å². The van der Waals surface area contributed by atoms with Crippen LogP contribution in [0.4, 0.5) is 0 Å². The van der Waals surface area contributed by atoms with Crippen molar-refractivity contribution in [3.05, 3.63) is 12.2 Å². The van der Waals surface area contributed by atoms with Crippen LogP contribution in [0.25, 0.3) is 0 Å². The van der Waals surface area contributed by atoms with Crippen LogP contribution in [0.3, 0.4) is 0 Å². The fourth-order valence-electron chi connectivity index (χ4n) is 4.53. The molecule has 0 amide bonds. The van der Waals surface area contributed by atoms with E-state index in [-0.39, 0.29) is 30.5 Å². The van der Waals surface area contributed by atoms with Crippen LogP contribution in [0.5, 0.6) is 0 Å². The predicted molar refractivity (Wildman–Crippen MR) is 109 cm³/mol. The van der Waals surface area contributed by atoms with E-state index in [0.29, 0.717) is 31.6 Å². The quantitative estimate of drug-likeness (QED) is 0.270. The van der Waals surface area contributed by atoms with E-state index in [0.717, 1.165) is 38.5 Å². The second kappa shape index (κ2) is 11.1. The molecular formula is C23H36O5. The van der Waals surface area contributed by atoms with Gasteiger partial charge in [0.25, 0.3) is 0 Å². The van der Waals surface area contributed by atoms with E-state index in [1.165, 1.54) is 0 Å². The van der Waals surface area contributed by atoms with Gasteiger partial charge in [0.05, 0.1) is 18.3 Å². The first kappa shape index (κ1) is 23.1. The first-order valence-electron chi connectivity index (χ1n) is 10.7. The van der Waals surface area contributed by atoms with E-state index < -0.39 is 11.7 Å². The molecule has 1 saturated carbocycles. The molecular weight excluding hydrogens is 356 g/mol. The molecule has 0 aromatic carbocycles. The normalized spacial score (nSPS) is 31.6. The van der Waals surface area contributed by atoms with Gasteiger partial charge in [-0.2, -0.15) is 0 Å². The van der Waals surface area contributed by atoms with Crippen molar-refractivity contribution in [2.75, 3.05) is 6.61 Å². The van der Waals surface area contributed by atoms with E-state index in [1.54, 1.807) is 0 Å². The van der Waals surface area contributed by atoms with E-state index in [2.05, 4.69) is 12.8 Å².